The van der Waals surface area contributed by atoms with Crippen LogP contribution in [-0.4, -0.2) is 0 Å². The molecule has 0 aliphatic heterocycles. The molecule has 0 radical (unpaired) electrons. The average molecular weight is 351 g/mol. The molecule has 1 nitrogen and oxygen atoms in total. The van der Waals surface area contributed by atoms with Gasteiger partial charge < -0.3 is 4.74 Å². The molecule has 148 valence electrons. The molecule has 0 saturated carbocycles. The number of rotatable bonds is 18. The Labute approximate surface area is 159 Å². The lowest BCUT2D eigenvalue weighted by atomic mass is 10.1. The molecule has 0 amide bonds. The molecule has 25 heavy (non-hydrogen) atoms. The Bertz CT molecular complexity index is 295. The fourth-order valence-electron chi connectivity index (χ4n) is 2.97. The van der Waals surface area contributed by atoms with Crippen molar-refractivity contribution >= 4 is 0 Å². The minimum Gasteiger partial charge on any atom is -0.467 e. The van der Waals surface area contributed by atoms with Gasteiger partial charge in [-0.1, -0.05) is 91.9 Å². The molecular formula is C24H46O. The van der Waals surface area contributed by atoms with Crippen LogP contribution in [0.25, 0.3) is 0 Å². The van der Waals surface area contributed by atoms with E-state index in [9.17, 15) is 0 Å². The van der Waals surface area contributed by atoms with E-state index < -0.39 is 0 Å². The van der Waals surface area contributed by atoms with Gasteiger partial charge in [0.15, 0.2) is 0 Å². The minimum absolute atomic E-state index is 1.11. The normalized spacial score (nSPS) is 12.6. The lowest BCUT2D eigenvalue weighted by molar-refractivity contribution is 0.267. The van der Waals surface area contributed by atoms with Crippen LogP contribution < -0.4 is 0 Å². The molecule has 0 aliphatic rings. The van der Waals surface area contributed by atoms with Crippen LogP contribution >= 0.6 is 0 Å². The zero-order valence-corrected chi connectivity index (χ0v) is 17.9. The van der Waals surface area contributed by atoms with Gasteiger partial charge >= 0.3 is 0 Å². The van der Waals surface area contributed by atoms with Crippen LogP contribution in [0, 0.1) is 0 Å². The van der Waals surface area contributed by atoms with Gasteiger partial charge in [0.05, 0.1) is 11.5 Å². The second-order valence-electron chi connectivity index (χ2n) is 7.35. The molecular weight excluding hydrogens is 304 g/mol. The lowest BCUT2D eigenvalue weighted by Gasteiger charge is -2.14. The third-order valence-electron chi connectivity index (χ3n) is 4.64. The Hall–Kier alpha value is -0.720. The molecule has 0 fully saturated rings. The predicted octanol–water partition coefficient (Wildman–Crippen LogP) is 9.09. The molecule has 0 aliphatic carbocycles. The van der Waals surface area contributed by atoms with E-state index in [2.05, 4.69) is 39.8 Å². The third-order valence-corrected chi connectivity index (χ3v) is 4.64. The van der Waals surface area contributed by atoms with Crippen LogP contribution in [0.2, 0.25) is 0 Å². The summed E-state index contributed by atoms with van der Waals surface area (Å²) in [5.41, 5.74) is 0. The highest BCUT2D eigenvalue weighted by Crippen LogP contribution is 2.21. The molecule has 0 unspecified atom stereocenters. The monoisotopic (exact) mass is 350 g/mol. The van der Waals surface area contributed by atoms with Crippen molar-refractivity contribution in [2.45, 2.75) is 130 Å². The largest absolute Gasteiger partial charge is 0.467 e. The Morgan fingerprint density at radius 2 is 0.920 bits per heavy atom. The first-order chi connectivity index (χ1) is 12.3. The van der Waals surface area contributed by atoms with Crippen molar-refractivity contribution in [2.24, 2.45) is 0 Å². The van der Waals surface area contributed by atoms with Crippen molar-refractivity contribution < 1.29 is 4.74 Å². The Morgan fingerprint density at radius 1 is 0.520 bits per heavy atom. The van der Waals surface area contributed by atoms with Crippen molar-refractivity contribution in [1.29, 1.82) is 0 Å². The quantitative estimate of drug-likeness (QED) is 0.177. The zero-order chi connectivity index (χ0) is 18.6. The van der Waals surface area contributed by atoms with Crippen molar-refractivity contribution in [3.05, 3.63) is 23.7 Å². The Kier molecular flexibility index (Phi) is 19.0. The summed E-state index contributed by atoms with van der Waals surface area (Å²) in [5, 5.41) is 0. The SMILES string of the molecule is CCCC=C(CCCCCCC)OC(=CCCC)CCCCCCC. The van der Waals surface area contributed by atoms with Gasteiger partial charge in [0.1, 0.15) is 0 Å². The number of unbranched alkanes of at least 4 members (excludes halogenated alkanes) is 10. The van der Waals surface area contributed by atoms with Crippen molar-refractivity contribution in [3.8, 4) is 0 Å². The van der Waals surface area contributed by atoms with Gasteiger partial charge in [0, 0.05) is 12.8 Å². The topological polar surface area (TPSA) is 9.23 Å². The maximum absolute atomic E-state index is 6.39. The standard InChI is InChI=1S/C24H46O/c1-5-9-13-15-17-21-23(19-11-7-3)25-24(20-12-8-4)22-18-16-14-10-6-2/h19-20H,5-18,21-22H2,1-4H3. The summed E-state index contributed by atoms with van der Waals surface area (Å²) in [6.45, 7) is 9.05. The summed E-state index contributed by atoms with van der Waals surface area (Å²) < 4.78 is 6.39. The molecule has 1 heteroatoms. The molecule has 0 saturated heterocycles. The summed E-state index contributed by atoms with van der Waals surface area (Å²) in [7, 11) is 0. The van der Waals surface area contributed by atoms with Crippen molar-refractivity contribution in [3.63, 3.8) is 0 Å². The lowest BCUT2D eigenvalue weighted by Crippen LogP contribution is -1.96. The fourth-order valence-corrected chi connectivity index (χ4v) is 2.97. The van der Waals surface area contributed by atoms with Gasteiger partial charge in [-0.05, 0) is 37.8 Å². The first kappa shape index (κ1) is 24.3. The molecule has 0 aromatic heterocycles. The highest BCUT2D eigenvalue weighted by Gasteiger charge is 2.05. The summed E-state index contributed by atoms with van der Waals surface area (Å²) in [6.07, 6.45) is 24.9. The Morgan fingerprint density at radius 3 is 1.28 bits per heavy atom. The third kappa shape index (κ3) is 16.5. The van der Waals surface area contributed by atoms with Gasteiger partial charge in [-0.15, -0.1) is 0 Å². The molecule has 0 atom stereocenters. The van der Waals surface area contributed by atoms with Crippen LogP contribution in [0.5, 0.6) is 0 Å². The molecule has 0 N–H and O–H groups in total. The number of hydrogen-bond acceptors (Lipinski definition) is 1. The Balaban J connectivity index is 4.44. The van der Waals surface area contributed by atoms with Crippen molar-refractivity contribution in [2.75, 3.05) is 0 Å². The highest BCUT2D eigenvalue weighted by atomic mass is 16.5. The first-order valence-electron chi connectivity index (χ1n) is 11.3. The minimum atomic E-state index is 1.11. The number of hydrogen-bond donors (Lipinski definition) is 0. The summed E-state index contributed by atoms with van der Waals surface area (Å²) in [5.74, 6) is 2.46. The second kappa shape index (κ2) is 19.6. The van der Waals surface area contributed by atoms with E-state index in [0.29, 0.717) is 0 Å². The van der Waals surface area contributed by atoms with E-state index in [1.165, 1.54) is 88.6 Å². The fraction of sp³-hybridized carbons (Fsp3) is 0.833. The average Bonchev–Trinajstić information content (AvgIpc) is 2.63. The second-order valence-corrected chi connectivity index (χ2v) is 7.35. The van der Waals surface area contributed by atoms with Crippen LogP contribution in [0.4, 0.5) is 0 Å². The van der Waals surface area contributed by atoms with Crippen LogP contribution in [0.1, 0.15) is 130 Å². The van der Waals surface area contributed by atoms with Crippen LogP contribution in [-0.2, 0) is 4.74 Å². The van der Waals surface area contributed by atoms with Gasteiger partial charge in [-0.2, -0.15) is 0 Å². The molecule has 0 rings (SSSR count). The maximum Gasteiger partial charge on any atom is 0.0996 e. The van der Waals surface area contributed by atoms with E-state index in [1.807, 2.05) is 0 Å². The van der Waals surface area contributed by atoms with E-state index in [0.717, 1.165) is 25.7 Å². The predicted molar refractivity (Wildman–Crippen MR) is 114 cm³/mol. The maximum atomic E-state index is 6.39. The van der Waals surface area contributed by atoms with Gasteiger partial charge in [-0.25, -0.2) is 0 Å². The van der Waals surface area contributed by atoms with Crippen molar-refractivity contribution in [1.82, 2.24) is 0 Å². The van der Waals surface area contributed by atoms with Crippen LogP contribution in [0.15, 0.2) is 23.7 Å². The van der Waals surface area contributed by atoms with E-state index >= 15 is 0 Å². The first-order valence-corrected chi connectivity index (χ1v) is 11.3. The highest BCUT2D eigenvalue weighted by molar-refractivity contribution is 5.02. The van der Waals surface area contributed by atoms with E-state index in [-0.39, 0.29) is 0 Å². The summed E-state index contributed by atoms with van der Waals surface area (Å²) in [6, 6.07) is 0. The summed E-state index contributed by atoms with van der Waals surface area (Å²) >= 11 is 0. The van der Waals surface area contributed by atoms with Crippen LogP contribution in [0.3, 0.4) is 0 Å². The number of allylic oxidation sites excluding steroid dienone is 4. The molecule has 0 spiro atoms. The molecule has 0 bridgehead atoms. The van der Waals surface area contributed by atoms with Gasteiger partial charge in [-0.3, -0.25) is 0 Å². The molecule has 0 aromatic carbocycles. The van der Waals surface area contributed by atoms with E-state index in [4.69, 9.17) is 4.74 Å². The molecule has 0 aromatic rings. The van der Waals surface area contributed by atoms with Gasteiger partial charge in [0.25, 0.3) is 0 Å². The molecule has 0 heterocycles. The summed E-state index contributed by atoms with van der Waals surface area (Å²) in [4.78, 5) is 0. The van der Waals surface area contributed by atoms with E-state index in [1.54, 1.807) is 0 Å². The van der Waals surface area contributed by atoms with Gasteiger partial charge in [0.2, 0.25) is 0 Å². The smallest absolute Gasteiger partial charge is 0.0996 e. The zero-order valence-electron chi connectivity index (χ0n) is 17.9. The number of ether oxygens (including phenoxy) is 1.